The van der Waals surface area contributed by atoms with Crippen molar-refractivity contribution in [3.63, 3.8) is 0 Å². The van der Waals surface area contributed by atoms with Gasteiger partial charge in [0.2, 0.25) is 11.8 Å². The second kappa shape index (κ2) is 10.1. The minimum absolute atomic E-state index is 0.0585. The van der Waals surface area contributed by atoms with Gasteiger partial charge in [-0.2, -0.15) is 0 Å². The van der Waals surface area contributed by atoms with Crippen molar-refractivity contribution < 1.29 is 24.5 Å². The van der Waals surface area contributed by atoms with Gasteiger partial charge < -0.3 is 25.2 Å². The van der Waals surface area contributed by atoms with Crippen LogP contribution in [0.2, 0.25) is 0 Å². The maximum atomic E-state index is 13.5. The van der Waals surface area contributed by atoms with E-state index in [9.17, 15) is 19.8 Å². The summed E-state index contributed by atoms with van der Waals surface area (Å²) in [5.74, 6) is 1.11. The monoisotopic (exact) mass is 468 g/mol. The molecule has 1 aromatic rings. The Morgan fingerprint density at radius 1 is 1.09 bits per heavy atom. The first-order valence-electron chi connectivity index (χ1n) is 12.9. The maximum Gasteiger partial charge on any atom is 0.247 e. The number of para-hydroxylation sites is 1. The molecule has 34 heavy (non-hydrogen) atoms. The van der Waals surface area contributed by atoms with Crippen LogP contribution in [0.25, 0.3) is 0 Å². The fraction of sp³-hybridized carbons (Fsp3) is 0.630. The van der Waals surface area contributed by atoms with E-state index < -0.39 is 24.2 Å². The molecule has 0 saturated heterocycles. The van der Waals surface area contributed by atoms with Gasteiger partial charge in [-0.3, -0.25) is 9.59 Å². The van der Waals surface area contributed by atoms with Gasteiger partial charge in [-0.05, 0) is 43.2 Å². The fourth-order valence-corrected chi connectivity index (χ4v) is 5.93. The highest BCUT2D eigenvalue weighted by Gasteiger charge is 2.50. The van der Waals surface area contributed by atoms with E-state index >= 15 is 0 Å². The summed E-state index contributed by atoms with van der Waals surface area (Å²) in [4.78, 5) is 28.5. The van der Waals surface area contributed by atoms with E-state index in [2.05, 4.69) is 5.32 Å². The number of hydrogen-bond acceptors (Lipinski definition) is 5. The van der Waals surface area contributed by atoms with Crippen molar-refractivity contribution in [3.8, 4) is 5.75 Å². The smallest absolute Gasteiger partial charge is 0.247 e. The van der Waals surface area contributed by atoms with Gasteiger partial charge in [-0.25, -0.2) is 0 Å². The Bertz CT molecular complexity index is 937. The van der Waals surface area contributed by atoms with E-state index in [-0.39, 0.29) is 25.0 Å². The Hall–Kier alpha value is -2.38. The molecule has 1 heterocycles. The Kier molecular flexibility index (Phi) is 6.93. The average Bonchev–Trinajstić information content (AvgIpc) is 3.35. The summed E-state index contributed by atoms with van der Waals surface area (Å²) in [6, 6.07) is 6.95. The number of fused-ring (bicyclic) bond motifs is 3. The molecule has 0 aromatic heterocycles. The molecule has 3 N–H and O–H groups in total. The van der Waals surface area contributed by atoms with E-state index in [1.165, 1.54) is 25.7 Å². The standard InChI is InChI=1S/C27H36N2O5/c30-14-13-28-27(33)20-15-21(25(32)26-24(20)19-7-3-4-8-22(19)34-26)29(16-18-9-10-18)23(31)12-11-17-5-1-2-6-17/h3-4,7-8,15,17-18,21,24-26,30,32H,1-2,5-6,9-14,16H2,(H,28,33)/t21-,24+,25+,26+/m1/s1. The van der Waals surface area contributed by atoms with Crippen LogP contribution in [-0.4, -0.2) is 64.9 Å². The van der Waals surface area contributed by atoms with Crippen LogP contribution in [0.15, 0.2) is 35.9 Å². The molecule has 2 amide bonds. The Balaban J connectivity index is 1.43. The first-order chi connectivity index (χ1) is 16.6. The molecular weight excluding hydrogens is 432 g/mol. The summed E-state index contributed by atoms with van der Waals surface area (Å²) in [7, 11) is 0. The third kappa shape index (κ3) is 4.73. The quantitative estimate of drug-likeness (QED) is 0.517. The largest absolute Gasteiger partial charge is 0.486 e. The molecule has 4 aliphatic rings. The van der Waals surface area contributed by atoms with Crippen LogP contribution in [0, 0.1) is 11.8 Å². The zero-order valence-electron chi connectivity index (χ0n) is 19.7. The predicted molar refractivity (Wildman–Crippen MR) is 127 cm³/mol. The SMILES string of the molecule is O=C(NCCO)C1=C[C@@H](N(CC2CC2)C(=O)CCC2CCCC2)[C@H](O)[C@H]2Oc3ccccc3[C@@H]12. The van der Waals surface area contributed by atoms with Crippen molar-refractivity contribution in [2.75, 3.05) is 19.7 Å². The molecule has 7 nitrogen and oxygen atoms in total. The molecule has 1 aromatic carbocycles. The van der Waals surface area contributed by atoms with Gasteiger partial charge in [0.1, 0.15) is 18.0 Å². The van der Waals surface area contributed by atoms with E-state index in [0.29, 0.717) is 36.1 Å². The lowest BCUT2D eigenvalue weighted by atomic mass is 9.77. The molecule has 0 spiro atoms. The summed E-state index contributed by atoms with van der Waals surface area (Å²) in [6.07, 6.45) is 8.70. The van der Waals surface area contributed by atoms with E-state index in [1.54, 1.807) is 6.08 Å². The number of hydrogen-bond donors (Lipinski definition) is 3. The molecule has 4 atom stereocenters. The number of benzene rings is 1. The van der Waals surface area contributed by atoms with Crippen LogP contribution in [0.5, 0.6) is 5.75 Å². The van der Waals surface area contributed by atoms with Gasteiger partial charge in [0.05, 0.1) is 18.6 Å². The normalized spacial score (nSPS) is 28.0. The lowest BCUT2D eigenvalue weighted by Gasteiger charge is -2.41. The molecule has 2 saturated carbocycles. The van der Waals surface area contributed by atoms with Crippen molar-refractivity contribution in [1.82, 2.24) is 10.2 Å². The molecule has 0 unspecified atom stereocenters. The van der Waals surface area contributed by atoms with E-state index in [1.807, 2.05) is 29.2 Å². The van der Waals surface area contributed by atoms with Gasteiger partial charge in [0, 0.05) is 30.6 Å². The molecular formula is C27H36N2O5. The van der Waals surface area contributed by atoms with Crippen molar-refractivity contribution >= 4 is 11.8 Å². The van der Waals surface area contributed by atoms with Crippen LogP contribution in [-0.2, 0) is 9.59 Å². The van der Waals surface area contributed by atoms with Crippen molar-refractivity contribution in [1.29, 1.82) is 0 Å². The number of carbonyl (C=O) groups excluding carboxylic acids is 2. The van der Waals surface area contributed by atoms with Crippen molar-refractivity contribution in [2.45, 2.75) is 75.5 Å². The third-order valence-electron chi connectivity index (χ3n) is 7.95. The van der Waals surface area contributed by atoms with E-state index in [0.717, 1.165) is 24.8 Å². The second-order valence-corrected chi connectivity index (χ2v) is 10.4. The lowest BCUT2D eigenvalue weighted by molar-refractivity contribution is -0.137. The molecule has 1 aliphatic heterocycles. The van der Waals surface area contributed by atoms with Crippen LogP contribution in [0.4, 0.5) is 0 Å². The number of amides is 2. The first kappa shape index (κ1) is 23.4. The lowest BCUT2D eigenvalue weighted by Crippen LogP contribution is -2.56. The van der Waals surface area contributed by atoms with Gasteiger partial charge in [0.15, 0.2) is 0 Å². The summed E-state index contributed by atoms with van der Waals surface area (Å²) >= 11 is 0. The zero-order chi connectivity index (χ0) is 23.7. The number of rotatable bonds is 9. The molecule has 3 aliphatic carbocycles. The zero-order valence-corrected chi connectivity index (χ0v) is 19.7. The summed E-state index contributed by atoms with van der Waals surface area (Å²) < 4.78 is 6.17. The van der Waals surface area contributed by atoms with Crippen LogP contribution in [0.1, 0.15) is 62.8 Å². The highest BCUT2D eigenvalue weighted by atomic mass is 16.5. The van der Waals surface area contributed by atoms with Gasteiger partial charge in [0.25, 0.3) is 0 Å². The van der Waals surface area contributed by atoms with Gasteiger partial charge in [-0.15, -0.1) is 0 Å². The molecule has 0 radical (unpaired) electrons. The van der Waals surface area contributed by atoms with E-state index in [4.69, 9.17) is 4.74 Å². The van der Waals surface area contributed by atoms with Gasteiger partial charge in [-0.1, -0.05) is 43.9 Å². The molecule has 7 heteroatoms. The second-order valence-electron chi connectivity index (χ2n) is 10.4. The number of ether oxygens (including phenoxy) is 1. The van der Waals surface area contributed by atoms with Gasteiger partial charge >= 0.3 is 0 Å². The Morgan fingerprint density at radius 2 is 1.85 bits per heavy atom. The number of aliphatic hydroxyl groups is 2. The minimum Gasteiger partial charge on any atom is -0.486 e. The van der Waals surface area contributed by atoms with Crippen LogP contribution < -0.4 is 10.1 Å². The van der Waals surface area contributed by atoms with Crippen LogP contribution >= 0.6 is 0 Å². The molecule has 0 bridgehead atoms. The highest BCUT2D eigenvalue weighted by molar-refractivity contribution is 5.96. The topological polar surface area (TPSA) is 99.1 Å². The fourth-order valence-electron chi connectivity index (χ4n) is 5.93. The minimum atomic E-state index is -0.930. The average molecular weight is 469 g/mol. The van der Waals surface area contributed by atoms with Crippen molar-refractivity contribution in [2.24, 2.45) is 11.8 Å². The molecule has 184 valence electrons. The third-order valence-corrected chi connectivity index (χ3v) is 7.95. The Morgan fingerprint density at radius 3 is 2.59 bits per heavy atom. The maximum absolute atomic E-state index is 13.5. The molecule has 2 fully saturated rings. The number of carbonyl (C=O) groups is 2. The number of nitrogens with zero attached hydrogens (tertiary/aromatic N) is 1. The Labute approximate surface area is 201 Å². The number of aliphatic hydroxyl groups excluding tert-OH is 2. The predicted octanol–water partition coefficient (Wildman–Crippen LogP) is 2.52. The highest BCUT2D eigenvalue weighted by Crippen LogP contribution is 2.47. The summed E-state index contributed by atoms with van der Waals surface area (Å²) in [5, 5.41) is 23.5. The summed E-state index contributed by atoms with van der Waals surface area (Å²) in [6.45, 7) is 0.604. The first-order valence-corrected chi connectivity index (χ1v) is 12.9. The van der Waals surface area contributed by atoms with Crippen molar-refractivity contribution in [3.05, 3.63) is 41.5 Å². The molecule has 5 rings (SSSR count). The number of nitrogens with one attached hydrogen (secondary N) is 1. The summed E-state index contributed by atoms with van der Waals surface area (Å²) in [5.41, 5.74) is 1.37. The van der Waals surface area contributed by atoms with Crippen LogP contribution in [0.3, 0.4) is 0 Å².